The average Bonchev–Trinajstić information content (AvgIpc) is 2.43. The number of ether oxygens (including phenoxy) is 1. The first-order valence-electron chi connectivity index (χ1n) is 6.73. The summed E-state index contributed by atoms with van der Waals surface area (Å²) >= 11 is 6.30. The number of hydrogen-bond donors (Lipinski definition) is 2. The molecule has 0 atom stereocenters. The Bertz CT molecular complexity index is 407. The van der Waals surface area contributed by atoms with Crippen molar-refractivity contribution in [2.24, 2.45) is 5.73 Å². The van der Waals surface area contributed by atoms with Crippen LogP contribution in [0.2, 0.25) is 0 Å². The zero-order chi connectivity index (χ0) is 15.5. The van der Waals surface area contributed by atoms with Crippen molar-refractivity contribution in [1.82, 2.24) is 0 Å². The molecule has 0 bridgehead atoms. The lowest BCUT2D eigenvalue weighted by atomic mass is 9.91. The Balaban J connectivity index is 0.000000796. The van der Waals surface area contributed by atoms with Gasteiger partial charge >= 0.3 is 6.09 Å². The van der Waals surface area contributed by atoms with E-state index < -0.39 is 6.09 Å². The quantitative estimate of drug-likeness (QED) is 0.747. The number of amides is 1. The number of allylic oxidation sites excluding steroid dienone is 6. The summed E-state index contributed by atoms with van der Waals surface area (Å²) in [6, 6.07) is 0. The molecule has 0 aromatic rings. The minimum atomic E-state index is -1.33. The van der Waals surface area contributed by atoms with Crippen molar-refractivity contribution < 1.29 is 14.6 Å². The number of carbonyl (C=O) groups is 1. The first-order chi connectivity index (χ1) is 9.47. The molecule has 1 rings (SSSR count). The normalized spacial score (nSPS) is 16.4. The summed E-state index contributed by atoms with van der Waals surface area (Å²) in [5, 5.41) is 8.13. The van der Waals surface area contributed by atoms with Crippen molar-refractivity contribution in [2.75, 3.05) is 7.11 Å². The molecule has 0 radical (unpaired) electrons. The number of nitrogens with two attached hydrogens (primary N) is 1. The maximum absolute atomic E-state index is 8.78. The van der Waals surface area contributed by atoms with Gasteiger partial charge in [0.15, 0.2) is 0 Å². The van der Waals surface area contributed by atoms with Crippen molar-refractivity contribution in [1.29, 1.82) is 0 Å². The maximum atomic E-state index is 8.78. The van der Waals surface area contributed by atoms with E-state index in [9.17, 15) is 0 Å². The van der Waals surface area contributed by atoms with E-state index in [0.29, 0.717) is 0 Å². The first-order valence-corrected chi connectivity index (χ1v) is 7.11. The molecule has 0 spiro atoms. The molecule has 0 fully saturated rings. The minimum absolute atomic E-state index is 0.877. The third-order valence-corrected chi connectivity index (χ3v) is 3.40. The summed E-state index contributed by atoms with van der Waals surface area (Å²) < 4.78 is 5.48. The highest BCUT2D eigenvalue weighted by atomic mass is 35.5. The topological polar surface area (TPSA) is 72.5 Å². The van der Waals surface area contributed by atoms with E-state index >= 15 is 0 Å². The number of carboxylic acid groups (broad SMARTS) is 1. The van der Waals surface area contributed by atoms with Gasteiger partial charge in [0.1, 0.15) is 0 Å². The minimum Gasteiger partial charge on any atom is -0.501 e. The highest BCUT2D eigenvalue weighted by molar-refractivity contribution is 6.30. The van der Waals surface area contributed by atoms with Crippen LogP contribution < -0.4 is 5.73 Å². The second kappa shape index (κ2) is 10.4. The van der Waals surface area contributed by atoms with E-state index in [4.69, 9.17) is 26.2 Å². The van der Waals surface area contributed by atoms with Crippen LogP contribution in [0.25, 0.3) is 0 Å². The molecule has 0 aromatic carbocycles. The molecule has 1 aliphatic rings. The zero-order valence-electron chi connectivity index (χ0n) is 12.4. The van der Waals surface area contributed by atoms with Gasteiger partial charge in [-0.2, -0.15) is 0 Å². The molecule has 0 unspecified atom stereocenters. The van der Waals surface area contributed by atoms with Gasteiger partial charge < -0.3 is 15.6 Å². The van der Waals surface area contributed by atoms with Crippen molar-refractivity contribution in [3.8, 4) is 0 Å². The Morgan fingerprint density at radius 3 is 2.45 bits per heavy atom. The van der Waals surface area contributed by atoms with Gasteiger partial charge in [0.05, 0.1) is 12.9 Å². The smallest absolute Gasteiger partial charge is 0.402 e. The van der Waals surface area contributed by atoms with Crippen molar-refractivity contribution in [2.45, 2.75) is 46.0 Å². The fourth-order valence-corrected chi connectivity index (χ4v) is 2.28. The lowest BCUT2D eigenvalue weighted by Crippen LogP contribution is -2.04. The predicted molar refractivity (Wildman–Crippen MR) is 82.7 cm³/mol. The average molecular weight is 302 g/mol. The molecular formula is C15H24ClNO3. The standard InChI is InChI=1S/C14H21ClO.CH3NO2/c1-4-8-11(13(15)5-2)12-9-6-7-10-14(12)16-3;2-1(3)4/h4,8H,5-7,9-10H2,1-3H3;2H2,(H,3,4)/b8-4-,13-11-;. The Hall–Kier alpha value is -1.42. The van der Waals surface area contributed by atoms with Crippen LogP contribution in [0.3, 0.4) is 0 Å². The molecule has 114 valence electrons. The summed E-state index contributed by atoms with van der Waals surface area (Å²) in [5.74, 6) is 1.12. The van der Waals surface area contributed by atoms with E-state index in [1.807, 2.05) is 13.0 Å². The molecule has 0 saturated carbocycles. The van der Waals surface area contributed by atoms with Crippen LogP contribution in [0.1, 0.15) is 46.0 Å². The second-order valence-corrected chi connectivity index (χ2v) is 4.78. The van der Waals surface area contributed by atoms with Crippen molar-refractivity contribution in [3.05, 3.63) is 34.1 Å². The summed E-state index contributed by atoms with van der Waals surface area (Å²) in [6.07, 6.45) is 8.27. The van der Waals surface area contributed by atoms with Gasteiger partial charge in [-0.05, 0) is 43.8 Å². The highest BCUT2D eigenvalue weighted by Gasteiger charge is 2.17. The molecule has 0 heterocycles. The molecule has 5 heteroatoms. The van der Waals surface area contributed by atoms with Gasteiger partial charge in [0.25, 0.3) is 0 Å². The van der Waals surface area contributed by atoms with Crippen LogP contribution in [0, 0.1) is 0 Å². The van der Waals surface area contributed by atoms with Gasteiger partial charge in [-0.15, -0.1) is 0 Å². The molecule has 3 N–H and O–H groups in total. The van der Waals surface area contributed by atoms with Gasteiger partial charge in [-0.3, -0.25) is 0 Å². The van der Waals surface area contributed by atoms with E-state index in [-0.39, 0.29) is 0 Å². The highest BCUT2D eigenvalue weighted by Crippen LogP contribution is 2.34. The van der Waals surface area contributed by atoms with E-state index in [1.54, 1.807) is 7.11 Å². The summed E-state index contributed by atoms with van der Waals surface area (Å²) in [4.78, 5) is 8.78. The van der Waals surface area contributed by atoms with Crippen LogP contribution in [-0.4, -0.2) is 18.3 Å². The summed E-state index contributed by atoms with van der Waals surface area (Å²) in [6.45, 7) is 4.11. The Morgan fingerprint density at radius 2 is 2.00 bits per heavy atom. The molecule has 0 aromatic heterocycles. The van der Waals surface area contributed by atoms with Crippen LogP contribution in [-0.2, 0) is 4.74 Å². The van der Waals surface area contributed by atoms with Crippen LogP contribution in [0.15, 0.2) is 34.1 Å². The maximum Gasteiger partial charge on any atom is 0.402 e. The molecule has 4 nitrogen and oxygen atoms in total. The number of halogens is 1. The largest absolute Gasteiger partial charge is 0.501 e. The SMILES string of the molecule is C/C=C\C(C1=C(OC)CCCC1)=C(\Cl)CC.NC(=O)O. The zero-order valence-corrected chi connectivity index (χ0v) is 13.2. The fourth-order valence-electron chi connectivity index (χ4n) is 2.10. The van der Waals surface area contributed by atoms with E-state index in [0.717, 1.165) is 30.1 Å². The lowest BCUT2D eigenvalue weighted by molar-refractivity contribution is 0.205. The van der Waals surface area contributed by atoms with Crippen molar-refractivity contribution in [3.63, 3.8) is 0 Å². The Kier molecular flexibility index (Phi) is 9.64. The van der Waals surface area contributed by atoms with Crippen LogP contribution in [0.5, 0.6) is 0 Å². The van der Waals surface area contributed by atoms with Gasteiger partial charge in [-0.1, -0.05) is 30.7 Å². The lowest BCUT2D eigenvalue weighted by Gasteiger charge is -2.21. The molecule has 0 aliphatic heterocycles. The fraction of sp³-hybridized carbons (Fsp3) is 0.533. The van der Waals surface area contributed by atoms with Gasteiger partial charge in [-0.25, -0.2) is 4.79 Å². The number of methoxy groups -OCH3 is 1. The monoisotopic (exact) mass is 301 g/mol. The summed E-state index contributed by atoms with van der Waals surface area (Å²) in [5.41, 5.74) is 6.50. The van der Waals surface area contributed by atoms with Gasteiger partial charge in [0, 0.05) is 11.5 Å². The van der Waals surface area contributed by atoms with Crippen LogP contribution in [0.4, 0.5) is 4.79 Å². The third-order valence-electron chi connectivity index (χ3n) is 2.92. The number of rotatable bonds is 4. The molecule has 1 aliphatic carbocycles. The first kappa shape index (κ1) is 18.6. The third kappa shape index (κ3) is 6.66. The Morgan fingerprint density at radius 1 is 1.45 bits per heavy atom. The Labute approximate surface area is 125 Å². The number of hydrogen-bond acceptors (Lipinski definition) is 2. The second-order valence-electron chi connectivity index (χ2n) is 4.32. The van der Waals surface area contributed by atoms with Crippen molar-refractivity contribution >= 4 is 17.7 Å². The number of primary amides is 1. The molecule has 0 saturated heterocycles. The van der Waals surface area contributed by atoms with E-state index in [2.05, 4.69) is 18.7 Å². The molecule has 1 amide bonds. The predicted octanol–water partition coefficient (Wildman–Crippen LogP) is 4.56. The molecule has 20 heavy (non-hydrogen) atoms. The van der Waals surface area contributed by atoms with Crippen LogP contribution >= 0.6 is 11.6 Å². The van der Waals surface area contributed by atoms with Gasteiger partial charge in [0.2, 0.25) is 0 Å². The summed E-state index contributed by atoms with van der Waals surface area (Å²) in [7, 11) is 1.76. The molecular weight excluding hydrogens is 278 g/mol. The van der Waals surface area contributed by atoms with E-state index in [1.165, 1.54) is 24.0 Å².